The van der Waals surface area contributed by atoms with E-state index >= 15 is 0 Å². The average Bonchev–Trinajstić information content (AvgIpc) is 3.04. The zero-order chi connectivity index (χ0) is 17.6. The second-order valence-corrected chi connectivity index (χ2v) is 6.85. The molecule has 2 heterocycles. The van der Waals surface area contributed by atoms with Crippen LogP contribution in [0.15, 0.2) is 34.1 Å². The fourth-order valence-electron chi connectivity index (χ4n) is 2.34. The van der Waals surface area contributed by atoms with Gasteiger partial charge in [0.1, 0.15) is 18.8 Å². The van der Waals surface area contributed by atoms with Crippen molar-refractivity contribution >= 4 is 21.7 Å². The number of rotatable bonds is 2. The molecule has 1 aromatic heterocycles. The molecule has 2 aromatic rings. The van der Waals surface area contributed by atoms with E-state index in [0.717, 1.165) is 35.0 Å². The zero-order valence-corrected chi connectivity index (χ0v) is 14.8. The smallest absolute Gasteiger partial charge is 0.430 e. The van der Waals surface area contributed by atoms with Crippen LogP contribution < -0.4 is 14.2 Å². The summed E-state index contributed by atoms with van der Waals surface area (Å²) < 4.78 is 46.3. The van der Waals surface area contributed by atoms with E-state index in [1.807, 2.05) is 24.3 Å². The van der Waals surface area contributed by atoms with Crippen LogP contribution in [-0.2, 0) is 10.4 Å². The van der Waals surface area contributed by atoms with Crippen LogP contribution in [0.25, 0.3) is 11.3 Å². The van der Waals surface area contributed by atoms with E-state index in [1.165, 1.54) is 19.3 Å². The minimum Gasteiger partial charge on any atom is -0.726 e. The van der Waals surface area contributed by atoms with Gasteiger partial charge in [0.15, 0.2) is 5.76 Å². The molecule has 1 aliphatic rings. The Morgan fingerprint density at radius 2 is 1.79 bits per heavy atom. The molecule has 1 aromatic carbocycles. The van der Waals surface area contributed by atoms with Crippen molar-refractivity contribution in [3.8, 4) is 17.1 Å². The minimum atomic E-state index is -4.92. The summed E-state index contributed by atoms with van der Waals surface area (Å²) in [4.78, 5) is 1.03. The van der Waals surface area contributed by atoms with Gasteiger partial charge in [-0.2, -0.15) is 4.58 Å². The minimum absolute atomic E-state index is 0.871. The molecule has 1 saturated heterocycles. The van der Waals surface area contributed by atoms with Crippen LogP contribution in [0.1, 0.15) is 19.3 Å². The lowest BCUT2D eigenvalue weighted by molar-refractivity contribution is 0.366. The van der Waals surface area contributed by atoms with Gasteiger partial charge in [0, 0.05) is 23.8 Å². The first kappa shape index (κ1) is 18.7. The number of methoxy groups -OCH3 is 1. The van der Waals surface area contributed by atoms with E-state index in [2.05, 4.69) is 9.96 Å². The van der Waals surface area contributed by atoms with Gasteiger partial charge in [-0.1, -0.05) is 0 Å². The van der Waals surface area contributed by atoms with Crippen LogP contribution in [0.5, 0.6) is 5.75 Å². The molecule has 9 heteroatoms. The van der Waals surface area contributed by atoms with Crippen molar-refractivity contribution in [1.29, 1.82) is 0 Å². The quantitative estimate of drug-likeness (QED) is 0.490. The second kappa shape index (κ2) is 8.43. The molecule has 0 radical (unpaired) electrons. The molecule has 3 rings (SSSR count). The Labute approximate surface area is 144 Å². The molecule has 0 atom stereocenters. The van der Waals surface area contributed by atoms with Gasteiger partial charge in [-0.15, -0.1) is 0 Å². The molecular weight excluding hydrogens is 354 g/mol. The van der Waals surface area contributed by atoms with Gasteiger partial charge in [0.2, 0.25) is 10.4 Å². The molecule has 0 bridgehead atoms. The normalized spacial score (nSPS) is 14.7. The van der Waals surface area contributed by atoms with Crippen molar-refractivity contribution in [2.24, 2.45) is 0 Å². The summed E-state index contributed by atoms with van der Waals surface area (Å²) in [5.41, 5.74) is 1.10. The topological polar surface area (TPSA) is 103 Å². The Bertz CT molecular complexity index is 804. The fourth-order valence-corrected chi connectivity index (χ4v) is 3.21. The van der Waals surface area contributed by atoms with Crippen LogP contribution >= 0.6 is 11.3 Å². The molecule has 0 unspecified atom stereocenters. The Kier molecular flexibility index (Phi) is 6.55. The molecule has 0 amide bonds. The summed E-state index contributed by atoms with van der Waals surface area (Å²) in [5, 5.41) is 2.09. The molecule has 132 valence electrons. The van der Waals surface area contributed by atoms with Gasteiger partial charge >= 0.3 is 4.87 Å². The predicted octanol–water partition coefficient (Wildman–Crippen LogP) is 1.98. The Morgan fingerprint density at radius 1 is 1.21 bits per heavy atom. The maximum atomic E-state index is 8.63. The van der Waals surface area contributed by atoms with Gasteiger partial charge in [-0.05, 0) is 42.0 Å². The van der Waals surface area contributed by atoms with Gasteiger partial charge in [0.25, 0.3) is 0 Å². The van der Waals surface area contributed by atoms with Crippen LogP contribution in [-0.4, -0.2) is 37.7 Å². The highest BCUT2D eigenvalue weighted by molar-refractivity contribution is 7.79. The predicted molar refractivity (Wildman–Crippen MR) is 89.8 cm³/mol. The average molecular weight is 373 g/mol. The van der Waals surface area contributed by atoms with Crippen LogP contribution in [0.2, 0.25) is 0 Å². The van der Waals surface area contributed by atoms with Gasteiger partial charge in [-0.3, -0.25) is 4.55 Å². The third kappa shape index (κ3) is 6.08. The summed E-state index contributed by atoms with van der Waals surface area (Å²) >= 11 is 1.69. The second-order valence-electron chi connectivity index (χ2n) is 5.17. The highest BCUT2D eigenvalue weighted by Gasteiger charge is 2.15. The van der Waals surface area contributed by atoms with E-state index in [9.17, 15) is 0 Å². The van der Waals surface area contributed by atoms with Crippen molar-refractivity contribution in [3.05, 3.63) is 34.5 Å². The molecule has 0 spiro atoms. The van der Waals surface area contributed by atoms with Crippen molar-refractivity contribution in [3.63, 3.8) is 0 Å². The third-order valence-corrected chi connectivity index (χ3v) is 4.33. The molecular formula is C15H19NO6S2. The fraction of sp³-hybridized carbons (Fsp3) is 0.400. The lowest BCUT2D eigenvalue weighted by atomic mass is 10.2. The molecule has 0 aliphatic carbocycles. The van der Waals surface area contributed by atoms with Crippen molar-refractivity contribution < 1.29 is 26.7 Å². The summed E-state index contributed by atoms with van der Waals surface area (Å²) in [6.07, 6.45) is 3.88. The molecule has 1 aliphatic heterocycles. The first-order valence-electron chi connectivity index (χ1n) is 7.36. The highest BCUT2D eigenvalue weighted by Crippen LogP contribution is 2.22. The first-order valence-corrected chi connectivity index (χ1v) is 9.60. The number of nitrogens with zero attached hydrogens (tertiary/aromatic N) is 1. The standard InChI is InChI=1S/C15H18NO2S.H2O4S/c1-17-13-7-5-12(6-8-13)14-11-19-15(18-14)16-9-3-2-4-10-16;1-5(2,3)4/h5-8,11H,2-4,9-10H2,1H3;(H2,1,2,3,4)/q+1;/p-1. The lowest BCUT2D eigenvalue weighted by Crippen LogP contribution is -2.32. The van der Waals surface area contributed by atoms with Crippen LogP contribution in [0, 0.1) is 0 Å². The van der Waals surface area contributed by atoms with Gasteiger partial charge in [-0.25, -0.2) is 8.42 Å². The largest absolute Gasteiger partial charge is 0.726 e. The maximum absolute atomic E-state index is 8.63. The molecule has 1 fully saturated rings. The summed E-state index contributed by atoms with van der Waals surface area (Å²) in [5.74, 6) is 1.81. The Hall–Kier alpha value is -1.68. The summed E-state index contributed by atoms with van der Waals surface area (Å²) in [7, 11) is -3.24. The maximum Gasteiger partial charge on any atom is 0.430 e. The van der Waals surface area contributed by atoms with E-state index in [1.54, 1.807) is 18.4 Å². The summed E-state index contributed by atoms with van der Waals surface area (Å²) in [6.45, 7) is 2.23. The van der Waals surface area contributed by atoms with Crippen LogP contribution in [0.3, 0.4) is 0 Å². The van der Waals surface area contributed by atoms with Crippen molar-refractivity contribution in [1.82, 2.24) is 4.58 Å². The van der Waals surface area contributed by atoms with Gasteiger partial charge < -0.3 is 13.7 Å². The van der Waals surface area contributed by atoms with Crippen LogP contribution in [0.4, 0.5) is 0 Å². The molecule has 7 nitrogen and oxygen atoms in total. The Morgan fingerprint density at radius 3 is 2.33 bits per heavy atom. The zero-order valence-electron chi connectivity index (χ0n) is 13.2. The molecule has 1 N–H and O–H groups in total. The number of hydrogen-bond donors (Lipinski definition) is 1. The van der Waals surface area contributed by atoms with Crippen molar-refractivity contribution in [2.45, 2.75) is 19.3 Å². The summed E-state index contributed by atoms with van der Waals surface area (Å²) in [6, 6.07) is 7.99. The molecule has 24 heavy (non-hydrogen) atoms. The van der Waals surface area contributed by atoms with E-state index in [0.29, 0.717) is 0 Å². The number of piperidine rings is 1. The van der Waals surface area contributed by atoms with E-state index < -0.39 is 10.4 Å². The Balaban J connectivity index is 0.000000368. The van der Waals surface area contributed by atoms with E-state index in [-0.39, 0.29) is 0 Å². The lowest BCUT2D eigenvalue weighted by Gasteiger charge is -2.06. The SMILES string of the molecule is COc1ccc(-c2csc(=[N+]3CCCCC3)o2)cc1.O=S(=O)([O-])O. The monoisotopic (exact) mass is 373 g/mol. The number of ether oxygens (including phenoxy) is 1. The number of benzene rings is 1. The van der Waals surface area contributed by atoms with E-state index in [4.69, 9.17) is 26.7 Å². The first-order chi connectivity index (χ1) is 11.4. The van der Waals surface area contributed by atoms with Gasteiger partial charge in [0.05, 0.1) is 7.11 Å². The highest BCUT2D eigenvalue weighted by atomic mass is 32.3. The molecule has 0 saturated carbocycles. The van der Waals surface area contributed by atoms with Crippen molar-refractivity contribution in [2.75, 3.05) is 20.2 Å². The number of hydrogen-bond acceptors (Lipinski definition) is 6. The third-order valence-electron chi connectivity index (χ3n) is 3.45.